The van der Waals surface area contributed by atoms with Crippen LogP contribution in [0.4, 0.5) is 5.82 Å². The first-order valence-electron chi connectivity index (χ1n) is 5.84. The highest BCUT2D eigenvalue weighted by Crippen LogP contribution is 2.33. The van der Waals surface area contributed by atoms with Crippen LogP contribution in [-0.4, -0.2) is 27.5 Å². The van der Waals surface area contributed by atoms with Crippen molar-refractivity contribution in [3.63, 3.8) is 0 Å². The lowest BCUT2D eigenvalue weighted by Gasteiger charge is -2.34. The van der Waals surface area contributed by atoms with Gasteiger partial charge in [-0.2, -0.15) is 0 Å². The van der Waals surface area contributed by atoms with Gasteiger partial charge in [0.1, 0.15) is 0 Å². The van der Waals surface area contributed by atoms with Crippen molar-refractivity contribution in [2.45, 2.75) is 38.3 Å². The first kappa shape index (κ1) is 12.6. The Kier molecular flexibility index (Phi) is 3.30. The van der Waals surface area contributed by atoms with Gasteiger partial charge in [0.25, 0.3) is 5.56 Å². The fourth-order valence-corrected chi connectivity index (χ4v) is 2.04. The van der Waals surface area contributed by atoms with Gasteiger partial charge in [0, 0.05) is 36.4 Å². The van der Waals surface area contributed by atoms with Gasteiger partial charge in [-0.25, -0.2) is 4.98 Å². The molecule has 1 aromatic heterocycles. The lowest BCUT2D eigenvalue weighted by Crippen LogP contribution is -2.46. The van der Waals surface area contributed by atoms with E-state index >= 15 is 0 Å². The molecule has 1 saturated carbocycles. The number of rotatable bonds is 4. The topological polar surface area (TPSA) is 38.1 Å². The molecule has 1 heterocycles. The van der Waals surface area contributed by atoms with E-state index in [9.17, 15) is 4.79 Å². The lowest BCUT2D eigenvalue weighted by molar-refractivity contribution is 0.539. The van der Waals surface area contributed by atoms with E-state index in [1.165, 1.54) is 0 Å². The van der Waals surface area contributed by atoms with Gasteiger partial charge in [-0.1, -0.05) is 15.9 Å². The molecule has 94 valence electrons. The maximum atomic E-state index is 12.3. The molecule has 1 aromatic rings. The first-order chi connectivity index (χ1) is 7.97. The average Bonchev–Trinajstić information content (AvgIpc) is 3.12. The van der Waals surface area contributed by atoms with Crippen molar-refractivity contribution in [2.24, 2.45) is 0 Å². The maximum Gasteiger partial charge on any atom is 0.293 e. The predicted octanol–water partition coefficient (Wildman–Crippen LogP) is 2.19. The molecule has 0 bridgehead atoms. The van der Waals surface area contributed by atoms with Gasteiger partial charge in [-0.3, -0.25) is 4.79 Å². The molecule has 0 amide bonds. The van der Waals surface area contributed by atoms with E-state index in [1.54, 1.807) is 12.4 Å². The first-order valence-corrected chi connectivity index (χ1v) is 6.96. The molecule has 0 saturated heterocycles. The van der Waals surface area contributed by atoms with E-state index in [4.69, 9.17) is 0 Å². The van der Waals surface area contributed by atoms with Crippen molar-refractivity contribution in [1.82, 2.24) is 9.55 Å². The minimum Gasteiger partial charge on any atom is -0.349 e. The standard InChI is InChI=1S/C12H18BrN3O/c1-12(2,8-13)15(3)10-11(17)16(7-6-14-10)9-4-5-9/h6-7,9H,4-5,8H2,1-3H3. The average molecular weight is 300 g/mol. The maximum absolute atomic E-state index is 12.3. The second-order valence-corrected chi connectivity index (χ2v) is 5.76. The van der Waals surface area contributed by atoms with E-state index in [-0.39, 0.29) is 11.1 Å². The molecule has 0 radical (unpaired) electrons. The monoisotopic (exact) mass is 299 g/mol. The van der Waals surface area contributed by atoms with Crippen molar-refractivity contribution >= 4 is 21.7 Å². The molecule has 1 aliphatic carbocycles. The summed E-state index contributed by atoms with van der Waals surface area (Å²) in [6, 6.07) is 0.393. The van der Waals surface area contributed by atoms with Gasteiger partial charge < -0.3 is 9.47 Å². The summed E-state index contributed by atoms with van der Waals surface area (Å²) in [6.45, 7) is 4.16. The molecule has 0 spiro atoms. The summed E-state index contributed by atoms with van der Waals surface area (Å²) in [6.07, 6.45) is 5.72. The second kappa shape index (κ2) is 4.44. The Balaban J connectivity index is 2.39. The summed E-state index contributed by atoms with van der Waals surface area (Å²) in [7, 11) is 1.92. The third-order valence-electron chi connectivity index (χ3n) is 3.34. The van der Waals surface area contributed by atoms with E-state index in [2.05, 4.69) is 34.8 Å². The molecular formula is C12H18BrN3O. The van der Waals surface area contributed by atoms with Crippen LogP contribution in [0.2, 0.25) is 0 Å². The largest absolute Gasteiger partial charge is 0.349 e. The summed E-state index contributed by atoms with van der Waals surface area (Å²) in [5, 5.41) is 0.788. The Labute approximate surface area is 110 Å². The van der Waals surface area contributed by atoms with Crippen LogP contribution in [0.15, 0.2) is 17.2 Å². The van der Waals surface area contributed by atoms with Gasteiger partial charge in [0.15, 0.2) is 5.82 Å². The number of nitrogens with zero attached hydrogens (tertiary/aromatic N) is 3. The molecule has 17 heavy (non-hydrogen) atoms. The number of aromatic nitrogens is 2. The van der Waals surface area contributed by atoms with Gasteiger partial charge >= 0.3 is 0 Å². The Morgan fingerprint density at radius 1 is 1.59 bits per heavy atom. The summed E-state index contributed by atoms with van der Waals surface area (Å²) in [4.78, 5) is 18.5. The molecule has 0 aliphatic heterocycles. The smallest absolute Gasteiger partial charge is 0.293 e. The van der Waals surface area contributed by atoms with Crippen molar-refractivity contribution in [1.29, 1.82) is 0 Å². The highest BCUT2D eigenvalue weighted by Gasteiger charge is 2.29. The van der Waals surface area contributed by atoms with Crippen LogP contribution in [-0.2, 0) is 0 Å². The normalized spacial score (nSPS) is 16.0. The number of anilines is 1. The van der Waals surface area contributed by atoms with Crippen LogP contribution in [0.3, 0.4) is 0 Å². The molecule has 0 aromatic carbocycles. The fraction of sp³-hybridized carbons (Fsp3) is 0.667. The van der Waals surface area contributed by atoms with Crippen LogP contribution in [0.5, 0.6) is 0 Å². The number of hydrogen-bond acceptors (Lipinski definition) is 3. The number of halogens is 1. The zero-order valence-electron chi connectivity index (χ0n) is 10.5. The molecule has 4 nitrogen and oxygen atoms in total. The molecule has 0 unspecified atom stereocenters. The molecule has 0 atom stereocenters. The van der Waals surface area contributed by atoms with E-state index < -0.39 is 0 Å². The van der Waals surface area contributed by atoms with Crippen LogP contribution in [0.25, 0.3) is 0 Å². The lowest BCUT2D eigenvalue weighted by atomic mass is 10.1. The minimum atomic E-state index is -0.130. The Hall–Kier alpha value is -0.840. The molecular weight excluding hydrogens is 282 g/mol. The Bertz CT molecular complexity index is 465. The van der Waals surface area contributed by atoms with Crippen LogP contribution in [0, 0.1) is 0 Å². The van der Waals surface area contributed by atoms with Crippen LogP contribution < -0.4 is 10.5 Å². The Morgan fingerprint density at radius 3 is 2.76 bits per heavy atom. The third kappa shape index (κ3) is 2.39. The third-order valence-corrected chi connectivity index (χ3v) is 4.72. The fourth-order valence-electron chi connectivity index (χ4n) is 1.66. The van der Waals surface area contributed by atoms with E-state index in [0.717, 1.165) is 18.2 Å². The van der Waals surface area contributed by atoms with Crippen LogP contribution in [0.1, 0.15) is 32.7 Å². The van der Waals surface area contributed by atoms with Crippen molar-refractivity contribution < 1.29 is 0 Å². The highest BCUT2D eigenvalue weighted by atomic mass is 79.9. The van der Waals surface area contributed by atoms with Gasteiger partial charge in [0.2, 0.25) is 0 Å². The summed E-state index contributed by atoms with van der Waals surface area (Å²) >= 11 is 3.47. The minimum absolute atomic E-state index is 0.0199. The van der Waals surface area contributed by atoms with Gasteiger partial charge in [-0.05, 0) is 26.7 Å². The van der Waals surface area contributed by atoms with Crippen molar-refractivity contribution in [3.05, 3.63) is 22.7 Å². The van der Waals surface area contributed by atoms with Crippen molar-refractivity contribution in [3.8, 4) is 0 Å². The zero-order chi connectivity index (χ0) is 12.6. The van der Waals surface area contributed by atoms with Crippen LogP contribution >= 0.6 is 15.9 Å². The quantitative estimate of drug-likeness (QED) is 0.800. The highest BCUT2D eigenvalue weighted by molar-refractivity contribution is 9.09. The number of alkyl halides is 1. The van der Waals surface area contributed by atoms with Crippen molar-refractivity contribution in [2.75, 3.05) is 17.3 Å². The second-order valence-electron chi connectivity index (χ2n) is 5.20. The molecule has 0 N–H and O–H groups in total. The van der Waals surface area contributed by atoms with E-state index in [1.807, 2.05) is 16.5 Å². The summed E-state index contributed by atoms with van der Waals surface area (Å²) in [5.74, 6) is 0.531. The summed E-state index contributed by atoms with van der Waals surface area (Å²) < 4.78 is 1.81. The number of hydrogen-bond donors (Lipinski definition) is 0. The summed E-state index contributed by atoms with van der Waals surface area (Å²) in [5.41, 5.74) is -0.110. The SMILES string of the molecule is CN(c1nccn(C2CC2)c1=O)C(C)(C)CBr. The Morgan fingerprint density at radius 2 is 2.24 bits per heavy atom. The van der Waals surface area contributed by atoms with E-state index in [0.29, 0.717) is 11.9 Å². The van der Waals surface area contributed by atoms with Gasteiger partial charge in [0.05, 0.1) is 0 Å². The predicted molar refractivity (Wildman–Crippen MR) is 73.0 cm³/mol. The molecule has 1 fully saturated rings. The van der Waals surface area contributed by atoms with Gasteiger partial charge in [-0.15, -0.1) is 0 Å². The molecule has 5 heteroatoms. The zero-order valence-corrected chi connectivity index (χ0v) is 12.1. The molecule has 2 rings (SSSR count). The molecule has 1 aliphatic rings.